The summed E-state index contributed by atoms with van der Waals surface area (Å²) in [7, 11) is 0. The molecule has 8 heteroatoms. The summed E-state index contributed by atoms with van der Waals surface area (Å²) < 4.78 is 13.3. The molecule has 29 heavy (non-hydrogen) atoms. The zero-order valence-electron chi connectivity index (χ0n) is 16.0. The van der Waals surface area contributed by atoms with Crippen molar-refractivity contribution in [3.63, 3.8) is 0 Å². The largest absolute Gasteiger partial charge is 0.387 e. The van der Waals surface area contributed by atoms with E-state index in [1.165, 1.54) is 18.2 Å². The number of nitrogens with zero attached hydrogens (tertiary/aromatic N) is 1. The van der Waals surface area contributed by atoms with E-state index < -0.39 is 23.9 Å². The Kier molecular flexibility index (Phi) is 6.66. The van der Waals surface area contributed by atoms with Crippen LogP contribution in [-0.4, -0.2) is 36.7 Å². The number of benzene rings is 2. The highest BCUT2D eigenvalue weighted by Gasteiger charge is 2.18. The van der Waals surface area contributed by atoms with Crippen LogP contribution in [0.4, 0.5) is 20.6 Å². The standard InChI is InChI=1S/C21H25FN4O3/c22-16-6-4-5-14(11-16)19(27)13-24-21(29)25-17-12-15(20(23)28)7-8-18(17)26-9-2-1-3-10-26/h4-8,11-12,19,27H,1-3,9-10,13H2,(H2,23,28)(H2,24,25,29). The second-order valence-corrected chi connectivity index (χ2v) is 7.05. The number of nitrogens with two attached hydrogens (primary N) is 1. The summed E-state index contributed by atoms with van der Waals surface area (Å²) in [6.07, 6.45) is 2.23. The lowest BCUT2D eigenvalue weighted by atomic mass is 10.1. The first-order chi connectivity index (χ1) is 13.9. The van der Waals surface area contributed by atoms with E-state index in [4.69, 9.17) is 5.73 Å². The van der Waals surface area contributed by atoms with Crippen molar-refractivity contribution in [2.45, 2.75) is 25.4 Å². The van der Waals surface area contributed by atoms with E-state index in [1.807, 2.05) is 0 Å². The van der Waals surface area contributed by atoms with E-state index in [9.17, 15) is 19.1 Å². The average molecular weight is 400 g/mol. The second-order valence-electron chi connectivity index (χ2n) is 7.05. The van der Waals surface area contributed by atoms with Gasteiger partial charge in [-0.2, -0.15) is 0 Å². The molecule has 1 aliphatic rings. The second kappa shape index (κ2) is 9.38. The number of amides is 3. The maximum Gasteiger partial charge on any atom is 0.319 e. The van der Waals surface area contributed by atoms with Crippen LogP contribution in [0.2, 0.25) is 0 Å². The lowest BCUT2D eigenvalue weighted by Crippen LogP contribution is -2.34. The number of halogens is 1. The quantitative estimate of drug-likeness (QED) is 0.598. The Morgan fingerprint density at radius 1 is 1.14 bits per heavy atom. The number of hydrogen-bond acceptors (Lipinski definition) is 4. The molecule has 0 aromatic heterocycles. The average Bonchev–Trinajstić information content (AvgIpc) is 2.72. The maximum atomic E-state index is 13.3. The first-order valence-corrected chi connectivity index (χ1v) is 9.61. The highest BCUT2D eigenvalue weighted by atomic mass is 19.1. The van der Waals surface area contributed by atoms with E-state index in [0.717, 1.165) is 38.0 Å². The number of aliphatic hydroxyl groups excluding tert-OH is 1. The molecular weight excluding hydrogens is 375 g/mol. The Morgan fingerprint density at radius 3 is 2.59 bits per heavy atom. The van der Waals surface area contributed by atoms with Crippen molar-refractivity contribution in [3.05, 3.63) is 59.4 Å². The fourth-order valence-corrected chi connectivity index (χ4v) is 3.39. The van der Waals surface area contributed by atoms with Crippen LogP contribution in [0, 0.1) is 5.82 Å². The van der Waals surface area contributed by atoms with Crippen molar-refractivity contribution in [2.24, 2.45) is 5.73 Å². The van der Waals surface area contributed by atoms with Gasteiger partial charge in [-0.15, -0.1) is 0 Å². The van der Waals surface area contributed by atoms with Gasteiger partial charge in [0.2, 0.25) is 5.91 Å². The number of rotatable bonds is 6. The minimum absolute atomic E-state index is 0.0934. The molecule has 1 saturated heterocycles. The van der Waals surface area contributed by atoms with E-state index in [2.05, 4.69) is 15.5 Å². The Bertz CT molecular complexity index is 884. The molecule has 1 fully saturated rings. The van der Waals surface area contributed by atoms with Gasteiger partial charge >= 0.3 is 6.03 Å². The molecule has 154 valence electrons. The Labute approximate surface area is 168 Å². The molecule has 2 aromatic carbocycles. The molecule has 1 aliphatic heterocycles. The number of carbonyl (C=O) groups excluding carboxylic acids is 2. The fourth-order valence-electron chi connectivity index (χ4n) is 3.39. The van der Waals surface area contributed by atoms with Crippen molar-refractivity contribution < 1.29 is 19.1 Å². The molecule has 2 aromatic rings. The minimum atomic E-state index is -1.05. The van der Waals surface area contributed by atoms with Crippen molar-refractivity contribution in [1.82, 2.24) is 5.32 Å². The number of nitrogens with one attached hydrogen (secondary N) is 2. The number of aliphatic hydroxyl groups is 1. The van der Waals surface area contributed by atoms with Crippen LogP contribution >= 0.6 is 0 Å². The molecule has 0 saturated carbocycles. The third-order valence-corrected chi connectivity index (χ3v) is 4.92. The predicted molar refractivity (Wildman–Crippen MR) is 109 cm³/mol. The van der Waals surface area contributed by atoms with Crippen molar-refractivity contribution in [2.75, 3.05) is 29.9 Å². The van der Waals surface area contributed by atoms with Gasteiger partial charge < -0.3 is 26.4 Å². The predicted octanol–water partition coefficient (Wildman–Crippen LogP) is 2.77. The highest BCUT2D eigenvalue weighted by Crippen LogP contribution is 2.29. The van der Waals surface area contributed by atoms with Crippen molar-refractivity contribution >= 4 is 23.3 Å². The summed E-state index contributed by atoms with van der Waals surface area (Å²) in [5.41, 5.74) is 7.32. The molecule has 5 N–H and O–H groups in total. The summed E-state index contributed by atoms with van der Waals surface area (Å²) in [6.45, 7) is 1.64. The summed E-state index contributed by atoms with van der Waals surface area (Å²) in [6, 6.07) is 10.0. The molecule has 3 rings (SSSR count). The smallest absolute Gasteiger partial charge is 0.319 e. The van der Waals surface area contributed by atoms with E-state index in [-0.39, 0.29) is 6.54 Å². The monoisotopic (exact) mass is 400 g/mol. The number of carbonyl (C=O) groups is 2. The zero-order valence-corrected chi connectivity index (χ0v) is 16.0. The third kappa shape index (κ3) is 5.45. The summed E-state index contributed by atoms with van der Waals surface area (Å²) in [4.78, 5) is 26.1. The van der Waals surface area contributed by atoms with Gasteiger partial charge in [0, 0.05) is 25.2 Å². The Balaban J connectivity index is 1.69. The van der Waals surface area contributed by atoms with Crippen LogP contribution in [-0.2, 0) is 0 Å². The third-order valence-electron chi connectivity index (χ3n) is 4.92. The molecule has 1 unspecified atom stereocenters. The SMILES string of the molecule is NC(=O)c1ccc(N2CCCCC2)c(NC(=O)NCC(O)c2cccc(F)c2)c1. The van der Waals surface area contributed by atoms with Crippen LogP contribution in [0.1, 0.15) is 41.3 Å². The first-order valence-electron chi connectivity index (χ1n) is 9.61. The Morgan fingerprint density at radius 2 is 1.90 bits per heavy atom. The molecule has 1 atom stereocenters. The molecular formula is C21H25FN4O3. The van der Waals surface area contributed by atoms with Gasteiger partial charge in [-0.05, 0) is 55.2 Å². The number of hydrogen-bond donors (Lipinski definition) is 4. The number of piperidine rings is 1. The summed E-state index contributed by atoms with van der Waals surface area (Å²) in [5.74, 6) is -1.04. The van der Waals surface area contributed by atoms with E-state index >= 15 is 0 Å². The fraction of sp³-hybridized carbons (Fsp3) is 0.333. The Hall–Kier alpha value is -3.13. The van der Waals surface area contributed by atoms with Crippen LogP contribution in [0.5, 0.6) is 0 Å². The zero-order chi connectivity index (χ0) is 20.8. The van der Waals surface area contributed by atoms with Gasteiger partial charge in [0.15, 0.2) is 0 Å². The van der Waals surface area contributed by atoms with Gasteiger partial charge in [0.1, 0.15) is 5.82 Å². The molecule has 7 nitrogen and oxygen atoms in total. The summed E-state index contributed by atoms with van der Waals surface area (Å²) in [5, 5.41) is 15.5. The van der Waals surface area contributed by atoms with E-state index in [0.29, 0.717) is 16.8 Å². The molecule has 1 heterocycles. The molecule has 0 spiro atoms. The lowest BCUT2D eigenvalue weighted by Gasteiger charge is -2.30. The molecule has 0 bridgehead atoms. The van der Waals surface area contributed by atoms with Gasteiger partial charge in [0.05, 0.1) is 17.5 Å². The van der Waals surface area contributed by atoms with Crippen molar-refractivity contribution in [3.8, 4) is 0 Å². The number of primary amides is 1. The van der Waals surface area contributed by atoms with E-state index in [1.54, 1.807) is 24.3 Å². The van der Waals surface area contributed by atoms with Crippen LogP contribution in [0.15, 0.2) is 42.5 Å². The van der Waals surface area contributed by atoms with Gasteiger partial charge in [0.25, 0.3) is 0 Å². The van der Waals surface area contributed by atoms with Gasteiger partial charge in [-0.3, -0.25) is 4.79 Å². The first kappa shape index (κ1) is 20.6. The molecule has 3 amide bonds. The summed E-state index contributed by atoms with van der Waals surface area (Å²) >= 11 is 0. The lowest BCUT2D eigenvalue weighted by molar-refractivity contribution is 0.1000. The van der Waals surface area contributed by atoms with Gasteiger partial charge in [-0.1, -0.05) is 12.1 Å². The van der Waals surface area contributed by atoms with Crippen LogP contribution < -0.4 is 21.3 Å². The highest BCUT2D eigenvalue weighted by molar-refractivity contribution is 5.98. The number of anilines is 2. The molecule has 0 aliphatic carbocycles. The van der Waals surface area contributed by atoms with Crippen LogP contribution in [0.3, 0.4) is 0 Å². The van der Waals surface area contributed by atoms with Crippen molar-refractivity contribution in [1.29, 1.82) is 0 Å². The normalized spacial score (nSPS) is 14.9. The topological polar surface area (TPSA) is 108 Å². The maximum absolute atomic E-state index is 13.3. The number of urea groups is 1. The van der Waals surface area contributed by atoms with Gasteiger partial charge in [-0.25, -0.2) is 9.18 Å². The van der Waals surface area contributed by atoms with Crippen LogP contribution in [0.25, 0.3) is 0 Å². The molecule has 0 radical (unpaired) electrons. The minimum Gasteiger partial charge on any atom is -0.387 e.